The van der Waals surface area contributed by atoms with Crippen LogP contribution >= 0.6 is 23.2 Å². The van der Waals surface area contributed by atoms with Crippen molar-refractivity contribution in [3.8, 4) is 5.75 Å². The maximum absolute atomic E-state index is 12.3. The fourth-order valence-corrected chi connectivity index (χ4v) is 3.24. The van der Waals surface area contributed by atoms with E-state index in [0.29, 0.717) is 27.0 Å². The summed E-state index contributed by atoms with van der Waals surface area (Å²) in [7, 11) is -2.21. The quantitative estimate of drug-likeness (QED) is 0.906. The van der Waals surface area contributed by atoms with Crippen LogP contribution in [0, 0.1) is 6.92 Å². The number of benzene rings is 2. The van der Waals surface area contributed by atoms with Crippen molar-refractivity contribution in [2.24, 2.45) is 0 Å². The second kappa shape index (κ2) is 6.13. The molecule has 1 N–H and O–H groups in total. The van der Waals surface area contributed by atoms with E-state index in [9.17, 15) is 8.42 Å². The average molecular weight is 346 g/mol. The SMILES string of the molecule is COc1ccc(NS(=O)(=O)c2ccc(Cl)c(C)c2)cc1Cl. The van der Waals surface area contributed by atoms with E-state index in [1.54, 1.807) is 25.1 Å². The molecule has 0 fully saturated rings. The summed E-state index contributed by atoms with van der Waals surface area (Å²) in [6.45, 7) is 1.74. The lowest BCUT2D eigenvalue weighted by atomic mass is 10.2. The number of anilines is 1. The molecule has 4 nitrogen and oxygen atoms in total. The lowest BCUT2D eigenvalue weighted by Gasteiger charge is -2.10. The van der Waals surface area contributed by atoms with Gasteiger partial charge in [0.1, 0.15) is 5.75 Å². The van der Waals surface area contributed by atoms with E-state index in [-0.39, 0.29) is 4.90 Å². The van der Waals surface area contributed by atoms with E-state index in [1.165, 1.54) is 25.3 Å². The molecule has 0 aliphatic heterocycles. The first-order chi connectivity index (χ1) is 9.83. The molecular formula is C14H13Cl2NO3S. The van der Waals surface area contributed by atoms with E-state index >= 15 is 0 Å². The third-order valence-corrected chi connectivity index (χ3v) is 4.94. The van der Waals surface area contributed by atoms with Crippen molar-refractivity contribution in [3.63, 3.8) is 0 Å². The van der Waals surface area contributed by atoms with Gasteiger partial charge in [-0.15, -0.1) is 0 Å². The van der Waals surface area contributed by atoms with Crippen LogP contribution in [0.4, 0.5) is 5.69 Å². The molecule has 2 aromatic rings. The normalized spacial score (nSPS) is 11.2. The molecule has 0 amide bonds. The highest BCUT2D eigenvalue weighted by Gasteiger charge is 2.16. The Balaban J connectivity index is 2.32. The molecule has 0 unspecified atom stereocenters. The fraction of sp³-hybridized carbons (Fsp3) is 0.143. The zero-order valence-electron chi connectivity index (χ0n) is 11.4. The number of ether oxygens (including phenoxy) is 1. The number of hydrogen-bond donors (Lipinski definition) is 1. The van der Waals surface area contributed by atoms with Crippen molar-refractivity contribution < 1.29 is 13.2 Å². The Labute approximate surface area is 133 Å². The Morgan fingerprint density at radius 1 is 1.05 bits per heavy atom. The third kappa shape index (κ3) is 3.61. The largest absolute Gasteiger partial charge is 0.495 e. The van der Waals surface area contributed by atoms with E-state index in [2.05, 4.69) is 4.72 Å². The summed E-state index contributed by atoms with van der Waals surface area (Å²) in [5, 5.41) is 0.839. The highest BCUT2D eigenvalue weighted by Crippen LogP contribution is 2.28. The van der Waals surface area contributed by atoms with E-state index in [4.69, 9.17) is 27.9 Å². The van der Waals surface area contributed by atoms with Gasteiger partial charge < -0.3 is 4.74 Å². The first-order valence-corrected chi connectivity index (χ1v) is 8.20. The van der Waals surface area contributed by atoms with Gasteiger partial charge in [0.15, 0.2) is 0 Å². The molecule has 0 saturated heterocycles. The van der Waals surface area contributed by atoms with Gasteiger partial charge in [0, 0.05) is 5.02 Å². The third-order valence-electron chi connectivity index (χ3n) is 2.84. The van der Waals surface area contributed by atoms with Crippen molar-refractivity contribution in [2.75, 3.05) is 11.8 Å². The van der Waals surface area contributed by atoms with Crippen LogP contribution in [0.25, 0.3) is 0 Å². The summed E-state index contributed by atoms with van der Waals surface area (Å²) in [4.78, 5) is 0.136. The minimum Gasteiger partial charge on any atom is -0.495 e. The number of halogens is 2. The molecule has 0 radical (unpaired) electrons. The standard InChI is InChI=1S/C14H13Cl2NO3S/c1-9-7-11(4-5-12(9)15)21(18,19)17-10-3-6-14(20-2)13(16)8-10/h3-8,17H,1-2H3. The van der Waals surface area contributed by atoms with Gasteiger partial charge in [0.05, 0.1) is 22.7 Å². The van der Waals surface area contributed by atoms with Crippen molar-refractivity contribution in [2.45, 2.75) is 11.8 Å². The van der Waals surface area contributed by atoms with Crippen LogP contribution in [0.1, 0.15) is 5.56 Å². The Morgan fingerprint density at radius 3 is 2.33 bits per heavy atom. The molecule has 0 heterocycles. The molecule has 0 aliphatic carbocycles. The highest BCUT2D eigenvalue weighted by molar-refractivity contribution is 7.92. The Hall–Kier alpha value is -1.43. The topological polar surface area (TPSA) is 55.4 Å². The van der Waals surface area contributed by atoms with E-state index in [1.807, 2.05) is 0 Å². The summed E-state index contributed by atoms with van der Waals surface area (Å²) < 4.78 is 32.1. The summed E-state index contributed by atoms with van der Waals surface area (Å²) in [5.74, 6) is 0.474. The molecule has 0 bridgehead atoms. The number of sulfonamides is 1. The van der Waals surface area contributed by atoms with Gasteiger partial charge in [-0.2, -0.15) is 0 Å². The molecule has 0 aliphatic rings. The van der Waals surface area contributed by atoms with E-state index < -0.39 is 10.0 Å². The van der Waals surface area contributed by atoms with Crippen LogP contribution in [0.5, 0.6) is 5.75 Å². The molecule has 7 heteroatoms. The summed E-state index contributed by atoms with van der Waals surface area (Å²) in [6.07, 6.45) is 0. The lowest BCUT2D eigenvalue weighted by molar-refractivity contribution is 0.415. The average Bonchev–Trinajstić information content (AvgIpc) is 2.41. The van der Waals surface area contributed by atoms with E-state index in [0.717, 1.165) is 0 Å². The number of hydrogen-bond acceptors (Lipinski definition) is 3. The zero-order chi connectivity index (χ0) is 15.6. The summed E-state index contributed by atoms with van der Waals surface area (Å²) in [5.41, 5.74) is 1.04. The predicted octanol–water partition coefficient (Wildman–Crippen LogP) is 4.11. The van der Waals surface area contributed by atoms with Crippen LogP contribution in [0.2, 0.25) is 10.0 Å². The van der Waals surface area contributed by atoms with Crippen LogP contribution in [-0.2, 0) is 10.0 Å². The lowest BCUT2D eigenvalue weighted by Crippen LogP contribution is -2.13. The highest BCUT2D eigenvalue weighted by atomic mass is 35.5. The molecule has 112 valence electrons. The molecule has 2 aromatic carbocycles. The molecule has 0 saturated carbocycles. The number of methoxy groups -OCH3 is 1. The van der Waals surface area contributed by atoms with Gasteiger partial charge in [-0.3, -0.25) is 4.72 Å². The molecular weight excluding hydrogens is 333 g/mol. The number of aryl methyl sites for hydroxylation is 1. The van der Waals surface area contributed by atoms with Gasteiger partial charge in [0.25, 0.3) is 10.0 Å². The Morgan fingerprint density at radius 2 is 1.76 bits per heavy atom. The molecule has 0 atom stereocenters. The van der Waals surface area contributed by atoms with Crippen LogP contribution in [-0.4, -0.2) is 15.5 Å². The van der Waals surface area contributed by atoms with Crippen LogP contribution in [0.15, 0.2) is 41.3 Å². The van der Waals surface area contributed by atoms with Gasteiger partial charge in [-0.1, -0.05) is 23.2 Å². The smallest absolute Gasteiger partial charge is 0.261 e. The van der Waals surface area contributed by atoms with Crippen molar-refractivity contribution in [1.29, 1.82) is 0 Å². The van der Waals surface area contributed by atoms with Crippen LogP contribution < -0.4 is 9.46 Å². The number of nitrogens with one attached hydrogen (secondary N) is 1. The number of rotatable bonds is 4. The van der Waals surface area contributed by atoms with Crippen LogP contribution in [0.3, 0.4) is 0 Å². The van der Waals surface area contributed by atoms with Crippen molar-refractivity contribution in [1.82, 2.24) is 0 Å². The zero-order valence-corrected chi connectivity index (χ0v) is 13.7. The minimum atomic E-state index is -3.70. The first kappa shape index (κ1) is 15.9. The summed E-state index contributed by atoms with van der Waals surface area (Å²) >= 11 is 11.9. The second-order valence-corrected chi connectivity index (χ2v) is 6.86. The van der Waals surface area contributed by atoms with Gasteiger partial charge >= 0.3 is 0 Å². The predicted molar refractivity (Wildman–Crippen MR) is 85.0 cm³/mol. The van der Waals surface area contributed by atoms with Gasteiger partial charge in [-0.25, -0.2) is 8.42 Å². The van der Waals surface area contributed by atoms with Gasteiger partial charge in [-0.05, 0) is 48.9 Å². The van der Waals surface area contributed by atoms with Crippen molar-refractivity contribution in [3.05, 3.63) is 52.0 Å². The molecule has 21 heavy (non-hydrogen) atoms. The minimum absolute atomic E-state index is 0.136. The fourth-order valence-electron chi connectivity index (χ4n) is 1.73. The Bertz CT molecular complexity index is 776. The maximum atomic E-state index is 12.3. The van der Waals surface area contributed by atoms with Gasteiger partial charge in [0.2, 0.25) is 0 Å². The second-order valence-electron chi connectivity index (χ2n) is 4.37. The molecule has 0 aromatic heterocycles. The summed E-state index contributed by atoms with van der Waals surface area (Å²) in [6, 6.07) is 9.16. The monoisotopic (exact) mass is 345 g/mol. The maximum Gasteiger partial charge on any atom is 0.261 e. The first-order valence-electron chi connectivity index (χ1n) is 5.96. The molecule has 2 rings (SSSR count). The molecule has 0 spiro atoms. The Kier molecular flexibility index (Phi) is 4.66. The van der Waals surface area contributed by atoms with Crippen molar-refractivity contribution >= 4 is 38.9 Å².